The molecule has 112 valence electrons. The first-order valence-corrected chi connectivity index (χ1v) is 8.85. The fraction of sp³-hybridized carbons (Fsp3) is 0.538. The first-order valence-electron chi connectivity index (χ1n) is 6.61. The van der Waals surface area contributed by atoms with E-state index in [1.807, 2.05) is 0 Å². The third kappa shape index (κ3) is 3.16. The Bertz CT molecular complexity index is 581. The number of hydrogen-bond acceptors (Lipinski definition) is 4. The van der Waals surface area contributed by atoms with E-state index >= 15 is 0 Å². The second-order valence-electron chi connectivity index (χ2n) is 5.22. The van der Waals surface area contributed by atoms with Gasteiger partial charge in [0.1, 0.15) is 0 Å². The fourth-order valence-electron chi connectivity index (χ4n) is 2.29. The minimum atomic E-state index is -3.44. The van der Waals surface area contributed by atoms with Crippen LogP contribution in [0.5, 0.6) is 0 Å². The molecule has 7 heteroatoms. The monoisotopic (exact) mass is 361 g/mol. The van der Waals surface area contributed by atoms with Gasteiger partial charge in [0, 0.05) is 42.4 Å². The highest BCUT2D eigenvalue weighted by atomic mass is 79.9. The van der Waals surface area contributed by atoms with E-state index in [2.05, 4.69) is 34.7 Å². The van der Waals surface area contributed by atoms with Crippen molar-refractivity contribution in [2.24, 2.45) is 0 Å². The molecule has 0 amide bonds. The van der Waals surface area contributed by atoms with Gasteiger partial charge in [-0.3, -0.25) is 4.90 Å². The number of halogens is 1. The molecule has 2 rings (SSSR count). The molecule has 1 aromatic carbocycles. The molecule has 0 unspecified atom stereocenters. The number of anilines is 1. The predicted octanol–water partition coefficient (Wildman–Crippen LogP) is 1.75. The van der Waals surface area contributed by atoms with Gasteiger partial charge in [-0.15, -0.1) is 0 Å². The molecule has 0 bridgehead atoms. The molecule has 0 atom stereocenters. The molecule has 5 nitrogen and oxygen atoms in total. The van der Waals surface area contributed by atoms with E-state index in [4.69, 9.17) is 5.73 Å². The maximum Gasteiger partial charge on any atom is 0.243 e. The molecule has 0 aliphatic carbocycles. The zero-order chi connectivity index (χ0) is 14.9. The lowest BCUT2D eigenvalue weighted by atomic mass is 10.3. The topological polar surface area (TPSA) is 66.6 Å². The van der Waals surface area contributed by atoms with Gasteiger partial charge in [0.2, 0.25) is 10.0 Å². The minimum Gasteiger partial charge on any atom is -0.398 e. The average Bonchev–Trinajstić information content (AvgIpc) is 2.41. The van der Waals surface area contributed by atoms with Crippen LogP contribution in [0.4, 0.5) is 5.69 Å². The van der Waals surface area contributed by atoms with Gasteiger partial charge in [0.25, 0.3) is 0 Å². The molecule has 0 aromatic heterocycles. The van der Waals surface area contributed by atoms with Gasteiger partial charge in [-0.25, -0.2) is 8.42 Å². The number of sulfonamides is 1. The van der Waals surface area contributed by atoms with Gasteiger partial charge in [0.05, 0.1) is 4.90 Å². The molecule has 20 heavy (non-hydrogen) atoms. The average molecular weight is 362 g/mol. The van der Waals surface area contributed by atoms with Gasteiger partial charge in [0.15, 0.2) is 0 Å². The predicted molar refractivity (Wildman–Crippen MR) is 84.0 cm³/mol. The summed E-state index contributed by atoms with van der Waals surface area (Å²) < 4.78 is 27.4. The first kappa shape index (κ1) is 15.8. The fourth-order valence-corrected chi connectivity index (χ4v) is 4.00. The number of hydrogen-bond donors (Lipinski definition) is 1. The Morgan fingerprint density at radius 2 is 1.80 bits per heavy atom. The van der Waals surface area contributed by atoms with Crippen LogP contribution in [0.25, 0.3) is 0 Å². The van der Waals surface area contributed by atoms with E-state index in [0.29, 0.717) is 29.3 Å². The van der Waals surface area contributed by atoms with Crippen molar-refractivity contribution in [2.45, 2.75) is 24.8 Å². The van der Waals surface area contributed by atoms with E-state index in [1.54, 1.807) is 12.1 Å². The van der Waals surface area contributed by atoms with Crippen LogP contribution in [0.3, 0.4) is 0 Å². The van der Waals surface area contributed by atoms with Crippen LogP contribution in [0.2, 0.25) is 0 Å². The van der Waals surface area contributed by atoms with Gasteiger partial charge in [-0.05, 0) is 48.0 Å². The highest BCUT2D eigenvalue weighted by Gasteiger charge is 2.29. The van der Waals surface area contributed by atoms with Crippen LogP contribution in [-0.2, 0) is 10.0 Å². The number of nitrogens with two attached hydrogens (primary N) is 1. The second kappa shape index (κ2) is 6.01. The summed E-state index contributed by atoms with van der Waals surface area (Å²) in [6, 6.07) is 5.22. The number of nitrogen functional groups attached to an aromatic ring is 1. The van der Waals surface area contributed by atoms with Crippen molar-refractivity contribution in [1.29, 1.82) is 0 Å². The van der Waals surface area contributed by atoms with Crippen LogP contribution in [0, 0.1) is 0 Å². The maximum absolute atomic E-state index is 12.6. The molecule has 2 N–H and O–H groups in total. The third-order valence-corrected chi connectivity index (χ3v) is 6.23. The number of piperazine rings is 1. The van der Waals surface area contributed by atoms with Crippen molar-refractivity contribution in [3.63, 3.8) is 0 Å². The van der Waals surface area contributed by atoms with E-state index in [9.17, 15) is 8.42 Å². The van der Waals surface area contributed by atoms with Crippen LogP contribution in [0.15, 0.2) is 27.6 Å². The van der Waals surface area contributed by atoms with E-state index in [0.717, 1.165) is 13.1 Å². The van der Waals surface area contributed by atoms with Gasteiger partial charge in [-0.2, -0.15) is 4.31 Å². The smallest absolute Gasteiger partial charge is 0.243 e. The highest BCUT2D eigenvalue weighted by molar-refractivity contribution is 9.10. The minimum absolute atomic E-state index is 0.260. The van der Waals surface area contributed by atoms with Crippen molar-refractivity contribution in [2.75, 3.05) is 31.9 Å². The number of rotatable bonds is 3. The first-order chi connectivity index (χ1) is 9.32. The summed E-state index contributed by atoms with van der Waals surface area (Å²) in [5.74, 6) is 0. The number of benzene rings is 1. The zero-order valence-electron chi connectivity index (χ0n) is 11.7. The molecule has 1 heterocycles. The SMILES string of the molecule is CC(C)N1CCN(S(=O)(=O)c2ccc(Br)c(N)c2)CC1. The molecule has 1 aromatic rings. The van der Waals surface area contributed by atoms with Gasteiger partial charge in [-0.1, -0.05) is 0 Å². The lowest BCUT2D eigenvalue weighted by Crippen LogP contribution is -2.50. The summed E-state index contributed by atoms with van der Waals surface area (Å²) in [7, 11) is -3.44. The van der Waals surface area contributed by atoms with Crippen molar-refractivity contribution < 1.29 is 8.42 Å². The summed E-state index contributed by atoms with van der Waals surface area (Å²) in [5, 5.41) is 0. The summed E-state index contributed by atoms with van der Waals surface area (Å²) in [6.45, 7) is 6.83. The summed E-state index contributed by atoms with van der Waals surface area (Å²) in [5.41, 5.74) is 6.21. The van der Waals surface area contributed by atoms with Crippen molar-refractivity contribution in [1.82, 2.24) is 9.21 Å². The van der Waals surface area contributed by atoms with Crippen LogP contribution >= 0.6 is 15.9 Å². The lowest BCUT2D eigenvalue weighted by molar-refractivity contribution is 0.154. The molecule has 0 saturated carbocycles. The molecule has 1 aliphatic heterocycles. The zero-order valence-corrected chi connectivity index (χ0v) is 14.1. The third-order valence-electron chi connectivity index (χ3n) is 3.61. The van der Waals surface area contributed by atoms with Gasteiger partial charge < -0.3 is 5.73 Å². The Morgan fingerprint density at radius 3 is 2.30 bits per heavy atom. The Balaban J connectivity index is 2.17. The van der Waals surface area contributed by atoms with Crippen molar-refractivity contribution in [3.05, 3.63) is 22.7 Å². The van der Waals surface area contributed by atoms with Gasteiger partial charge >= 0.3 is 0 Å². The highest BCUT2D eigenvalue weighted by Crippen LogP contribution is 2.25. The molecule has 0 radical (unpaired) electrons. The molecular formula is C13H20BrN3O2S. The Kier molecular flexibility index (Phi) is 4.73. The standard InChI is InChI=1S/C13H20BrN3O2S/c1-10(2)16-5-7-17(8-6-16)20(18,19)11-3-4-12(14)13(15)9-11/h3-4,9-10H,5-8,15H2,1-2H3. The number of nitrogens with zero attached hydrogens (tertiary/aromatic N) is 2. The van der Waals surface area contributed by atoms with E-state index in [1.165, 1.54) is 10.4 Å². The quantitative estimate of drug-likeness (QED) is 0.832. The van der Waals surface area contributed by atoms with Crippen LogP contribution in [0.1, 0.15) is 13.8 Å². The Labute approximate surface area is 128 Å². The van der Waals surface area contributed by atoms with Crippen molar-refractivity contribution in [3.8, 4) is 0 Å². The normalized spacial score (nSPS) is 18.6. The van der Waals surface area contributed by atoms with Crippen LogP contribution in [-0.4, -0.2) is 49.8 Å². The second-order valence-corrected chi connectivity index (χ2v) is 8.01. The molecule has 1 aliphatic rings. The molecule has 0 spiro atoms. The summed E-state index contributed by atoms with van der Waals surface area (Å²) in [4.78, 5) is 2.54. The Hall–Kier alpha value is -0.630. The molecular weight excluding hydrogens is 342 g/mol. The summed E-state index contributed by atoms with van der Waals surface area (Å²) >= 11 is 3.28. The molecule has 1 saturated heterocycles. The van der Waals surface area contributed by atoms with E-state index < -0.39 is 10.0 Å². The lowest BCUT2D eigenvalue weighted by Gasteiger charge is -2.36. The summed E-state index contributed by atoms with van der Waals surface area (Å²) in [6.07, 6.45) is 0. The van der Waals surface area contributed by atoms with E-state index in [-0.39, 0.29) is 4.90 Å². The maximum atomic E-state index is 12.6. The largest absolute Gasteiger partial charge is 0.398 e. The van der Waals surface area contributed by atoms with Crippen molar-refractivity contribution >= 4 is 31.6 Å². The molecule has 1 fully saturated rings. The Morgan fingerprint density at radius 1 is 1.20 bits per heavy atom. The van der Waals surface area contributed by atoms with Crippen LogP contribution < -0.4 is 5.73 Å².